The van der Waals surface area contributed by atoms with Crippen molar-refractivity contribution >= 4 is 35.0 Å². The maximum absolute atomic E-state index is 13.9. The minimum Gasteiger partial charge on any atom is -0.495 e. The van der Waals surface area contributed by atoms with E-state index in [-0.39, 0.29) is 24.5 Å². The van der Waals surface area contributed by atoms with E-state index in [0.717, 1.165) is 49.0 Å². The number of allylic oxidation sites excluding steroid dienone is 5. The molecule has 4 heterocycles. The number of carbonyl (C=O) groups excluding carboxylic acids is 3. The minimum absolute atomic E-state index is 0.0315. The van der Waals surface area contributed by atoms with Gasteiger partial charge in [-0.1, -0.05) is 61.6 Å². The van der Waals surface area contributed by atoms with Gasteiger partial charge in [0.25, 0.3) is 5.91 Å². The summed E-state index contributed by atoms with van der Waals surface area (Å²) in [7, 11) is 1.58. The zero-order chi connectivity index (χ0) is 48.5. The average molecular weight is 951 g/mol. The molecule has 3 amide bonds. The first-order valence-electron chi connectivity index (χ1n) is 24.4. The van der Waals surface area contributed by atoms with Crippen LogP contribution in [0.3, 0.4) is 0 Å². The fourth-order valence-electron chi connectivity index (χ4n) is 9.50. The Morgan fingerprint density at radius 1 is 0.913 bits per heavy atom. The molecule has 3 fully saturated rings. The first kappa shape index (κ1) is 51.1. The summed E-state index contributed by atoms with van der Waals surface area (Å²) in [5, 5.41) is 2.86. The maximum Gasteiger partial charge on any atom is 0.412 e. The molecule has 16 nitrogen and oxygen atoms in total. The number of piperidine rings is 2. The van der Waals surface area contributed by atoms with Crippen molar-refractivity contribution in [2.75, 3.05) is 103 Å². The number of aryl methyl sites for hydroxylation is 1. The van der Waals surface area contributed by atoms with Gasteiger partial charge in [-0.05, 0) is 81.2 Å². The number of hydrogen-bond donors (Lipinski definition) is 1. The first-order valence-corrected chi connectivity index (χ1v) is 24.4. The topological polar surface area (TPSA) is 153 Å². The molecule has 0 aromatic heterocycles. The second kappa shape index (κ2) is 25.7. The van der Waals surface area contributed by atoms with Crippen LogP contribution in [0.1, 0.15) is 51.5 Å². The third-order valence-electron chi connectivity index (χ3n) is 13.1. The summed E-state index contributed by atoms with van der Waals surface area (Å²) in [6.45, 7) is 15.8. The molecule has 2 bridgehead atoms. The highest BCUT2D eigenvalue weighted by Crippen LogP contribution is 2.37. The predicted octanol–water partition coefficient (Wildman–Crippen LogP) is 7.08. The number of anilines is 2. The lowest BCUT2D eigenvalue weighted by Gasteiger charge is -2.48. The van der Waals surface area contributed by atoms with Crippen molar-refractivity contribution < 1.29 is 47.5 Å². The molecule has 2 aromatic rings. The van der Waals surface area contributed by atoms with Gasteiger partial charge in [0.15, 0.2) is 6.61 Å². The lowest BCUT2D eigenvalue weighted by Crippen LogP contribution is -2.56. The average Bonchev–Trinajstić information content (AvgIpc) is 3.34. The molecular weight excluding hydrogens is 881 g/mol. The Kier molecular flexibility index (Phi) is 19.0. The number of nitrogens with one attached hydrogen (secondary N) is 1. The van der Waals surface area contributed by atoms with Gasteiger partial charge in [0, 0.05) is 57.6 Å². The lowest BCUT2D eigenvalue weighted by atomic mass is 9.83. The number of ether oxygens (including phenoxy) is 7. The molecule has 1 aliphatic carbocycles. The molecule has 5 aliphatic rings. The highest BCUT2D eigenvalue weighted by atomic mass is 16.6. The van der Waals surface area contributed by atoms with Gasteiger partial charge < -0.3 is 38.1 Å². The van der Waals surface area contributed by atoms with Crippen molar-refractivity contribution in [2.45, 2.75) is 77.2 Å². The number of nitrogens with zero attached hydrogens (tertiary/aromatic N) is 5. The summed E-state index contributed by atoms with van der Waals surface area (Å²) in [4.78, 5) is 53.2. The largest absolute Gasteiger partial charge is 0.495 e. The van der Waals surface area contributed by atoms with Crippen molar-refractivity contribution in [3.05, 3.63) is 108 Å². The monoisotopic (exact) mass is 951 g/mol. The molecule has 4 atom stereocenters. The van der Waals surface area contributed by atoms with E-state index in [2.05, 4.69) is 21.7 Å². The predicted molar refractivity (Wildman–Crippen MR) is 266 cm³/mol. The number of amides is 3. The number of fused-ring (bicyclic) bond motifs is 3. The normalized spacial score (nSPS) is 22.8. The van der Waals surface area contributed by atoms with Gasteiger partial charge in [-0.2, -0.15) is 0 Å². The van der Waals surface area contributed by atoms with Gasteiger partial charge in [-0.25, -0.2) is 4.79 Å². The summed E-state index contributed by atoms with van der Waals surface area (Å²) in [5.74, 6) is 1.06. The quantitative estimate of drug-likeness (QED) is 0.0689. The Balaban J connectivity index is 0.740. The second-order valence-corrected chi connectivity index (χ2v) is 17.8. The van der Waals surface area contributed by atoms with E-state index >= 15 is 0 Å². The Bertz CT molecular complexity index is 2220. The zero-order valence-electron chi connectivity index (χ0n) is 40.7. The molecule has 4 aliphatic heterocycles. The van der Waals surface area contributed by atoms with Crippen LogP contribution in [-0.2, 0) is 33.3 Å². The van der Waals surface area contributed by atoms with Gasteiger partial charge in [0.1, 0.15) is 29.5 Å². The number of benzene rings is 2. The number of aliphatic imine (C=N–C) groups is 1. The zero-order valence-corrected chi connectivity index (χ0v) is 40.7. The summed E-state index contributed by atoms with van der Waals surface area (Å²) >= 11 is 0. The fraction of sp³-hybridized carbons (Fsp3) is 0.509. The molecule has 7 rings (SSSR count). The highest BCUT2D eigenvalue weighted by Gasteiger charge is 2.41. The van der Waals surface area contributed by atoms with E-state index in [4.69, 9.17) is 38.2 Å². The minimum atomic E-state index is -0.457. The molecule has 0 spiro atoms. The van der Waals surface area contributed by atoms with Crippen LogP contribution in [0.4, 0.5) is 16.2 Å². The van der Waals surface area contributed by atoms with Gasteiger partial charge >= 0.3 is 6.09 Å². The smallest absolute Gasteiger partial charge is 0.412 e. The molecule has 372 valence electrons. The van der Waals surface area contributed by atoms with E-state index in [1.165, 1.54) is 0 Å². The molecule has 69 heavy (non-hydrogen) atoms. The summed E-state index contributed by atoms with van der Waals surface area (Å²) < 4.78 is 40.6. The van der Waals surface area contributed by atoms with Crippen molar-refractivity contribution in [2.24, 2.45) is 10.9 Å². The highest BCUT2D eigenvalue weighted by molar-refractivity contribution is 6.18. The van der Waals surface area contributed by atoms with Crippen molar-refractivity contribution in [1.29, 1.82) is 0 Å². The van der Waals surface area contributed by atoms with Crippen molar-refractivity contribution in [3.63, 3.8) is 0 Å². The van der Waals surface area contributed by atoms with E-state index in [9.17, 15) is 14.4 Å². The van der Waals surface area contributed by atoms with Crippen LogP contribution in [0, 0.1) is 12.8 Å². The van der Waals surface area contributed by atoms with Crippen LogP contribution in [-0.4, -0.2) is 155 Å². The van der Waals surface area contributed by atoms with Gasteiger partial charge in [0.2, 0.25) is 5.91 Å². The third-order valence-corrected chi connectivity index (χ3v) is 13.1. The Morgan fingerprint density at radius 2 is 1.67 bits per heavy atom. The van der Waals surface area contributed by atoms with Crippen LogP contribution in [0.15, 0.2) is 108 Å². The van der Waals surface area contributed by atoms with Gasteiger partial charge in [0.05, 0.1) is 76.5 Å². The fourth-order valence-corrected chi connectivity index (χ4v) is 9.50. The lowest BCUT2D eigenvalue weighted by molar-refractivity contribution is -0.136. The van der Waals surface area contributed by atoms with Crippen LogP contribution in [0.2, 0.25) is 0 Å². The number of piperazine rings is 1. The van der Waals surface area contributed by atoms with Crippen LogP contribution < -0.4 is 19.7 Å². The molecule has 0 radical (unpaired) electrons. The standard InChI is InChI=1S/C53H70N6O10/c1-6-40(35-65-29-27-64-28-30-66-37-58-41-13-12-14-42(58)33-43(32-41)69-53(62)55-46-31-38(3)19-22-48(46)63-5)21-20-39(4)68-36-51(60)57-25-23-56(24-26-57)34-50-54-45-16-9-8-15-44(45)52(61)59(50)47-17-10-11-18-49(47)67-7-2/h6,8-11,15-22,31,41-44,50H,4,7,12-14,23-30,32-37H2,1-3,5H3,(H,55,62)/b21-20-,40-6+. The van der Waals surface area contributed by atoms with Crippen LogP contribution in [0.25, 0.3) is 0 Å². The Hall–Kier alpha value is -5.78. The van der Waals surface area contributed by atoms with E-state index in [1.807, 2.05) is 99.7 Å². The number of methoxy groups -OCH3 is 1. The molecule has 16 heteroatoms. The molecule has 4 unspecified atom stereocenters. The van der Waals surface area contributed by atoms with Crippen LogP contribution >= 0.6 is 0 Å². The number of hydrogen-bond acceptors (Lipinski definition) is 13. The number of carbonyl (C=O) groups is 3. The Morgan fingerprint density at radius 3 is 2.42 bits per heavy atom. The molecule has 1 N–H and O–H groups in total. The summed E-state index contributed by atoms with van der Waals surface area (Å²) in [6.07, 6.45) is 17.0. The van der Waals surface area contributed by atoms with Crippen LogP contribution in [0.5, 0.6) is 11.5 Å². The number of para-hydroxylation sites is 2. The second-order valence-electron chi connectivity index (χ2n) is 17.8. The third kappa shape index (κ3) is 14.2. The van der Waals surface area contributed by atoms with Crippen molar-refractivity contribution in [1.82, 2.24) is 14.7 Å². The van der Waals surface area contributed by atoms with Gasteiger partial charge in [-0.15, -0.1) is 0 Å². The summed E-state index contributed by atoms with van der Waals surface area (Å²) in [6, 6.07) is 13.9. The maximum atomic E-state index is 13.9. The molecule has 0 saturated carbocycles. The SMILES string of the molecule is C=C(/C=C\C(=C/C)COCCOCCOCN1C2CCCC1CC(OC(=O)Nc1cc(C)ccc1OC)C2)OCC(=O)N1CCN(CC2N=C3C=CC=CC3C(=O)N2c2ccccc2OCC)CC1. The van der Waals surface area contributed by atoms with E-state index in [0.29, 0.717) is 120 Å². The van der Waals surface area contributed by atoms with E-state index in [1.54, 1.807) is 23.0 Å². The van der Waals surface area contributed by atoms with Gasteiger partial charge in [-0.3, -0.25) is 34.6 Å². The summed E-state index contributed by atoms with van der Waals surface area (Å²) in [5.41, 5.74) is 4.03. The molecular formula is C53H70N6O10. The number of rotatable bonds is 23. The van der Waals surface area contributed by atoms with Crippen molar-refractivity contribution in [3.8, 4) is 11.5 Å². The Labute approximate surface area is 407 Å². The first-order chi connectivity index (χ1) is 33.6. The van der Waals surface area contributed by atoms with E-state index < -0.39 is 18.2 Å². The molecule has 3 saturated heterocycles. The molecule has 2 aromatic carbocycles.